The van der Waals surface area contributed by atoms with Crippen molar-refractivity contribution in [2.24, 2.45) is 4.99 Å². The van der Waals surface area contributed by atoms with Crippen molar-refractivity contribution in [2.75, 3.05) is 53.6 Å². The molecular weight excluding hydrogens is 476 g/mol. The molecule has 0 spiro atoms. The van der Waals surface area contributed by atoms with Gasteiger partial charge >= 0.3 is 5.97 Å². The Hall–Kier alpha value is -2.33. The number of rotatable bonds is 7. The van der Waals surface area contributed by atoms with E-state index >= 15 is 0 Å². The highest BCUT2D eigenvalue weighted by atomic mass is 35.5. The van der Waals surface area contributed by atoms with Crippen LogP contribution in [0.4, 0.5) is 0 Å². The van der Waals surface area contributed by atoms with Gasteiger partial charge < -0.3 is 19.3 Å². The molecule has 1 atom stereocenters. The molecule has 4 rings (SSSR count). The second-order valence-electron chi connectivity index (χ2n) is 8.33. The highest BCUT2D eigenvalue weighted by Crippen LogP contribution is 2.45. The van der Waals surface area contributed by atoms with E-state index < -0.39 is 12.0 Å². The highest BCUT2D eigenvalue weighted by molar-refractivity contribution is 8.16. The molecule has 1 aromatic rings. The van der Waals surface area contributed by atoms with E-state index in [1.807, 2.05) is 33.4 Å². The molecule has 3 aliphatic heterocycles. The van der Waals surface area contributed by atoms with Gasteiger partial charge in [0.1, 0.15) is 0 Å². The lowest BCUT2D eigenvalue weighted by molar-refractivity contribution is -0.136. The number of amides is 1. The van der Waals surface area contributed by atoms with Crippen molar-refractivity contribution >= 4 is 40.4 Å². The first kappa shape index (κ1) is 24.8. The van der Waals surface area contributed by atoms with Gasteiger partial charge in [-0.25, -0.2) is 9.79 Å². The molecular formula is C24H29ClN4O4S. The summed E-state index contributed by atoms with van der Waals surface area (Å²) in [5.74, 6) is -0.379. The summed E-state index contributed by atoms with van der Waals surface area (Å²) in [6.07, 6.45) is 0.231. The van der Waals surface area contributed by atoms with Crippen LogP contribution in [0, 0.1) is 0 Å². The number of halogens is 1. The van der Waals surface area contributed by atoms with Gasteiger partial charge in [-0.2, -0.15) is 0 Å². The third-order valence-corrected chi connectivity index (χ3v) is 7.36. The number of esters is 1. The van der Waals surface area contributed by atoms with E-state index in [0.29, 0.717) is 36.0 Å². The maximum absolute atomic E-state index is 13.2. The van der Waals surface area contributed by atoms with Crippen LogP contribution in [-0.2, 0) is 19.1 Å². The minimum absolute atomic E-state index is 0.0650. The number of amidine groups is 1. The Morgan fingerprint density at radius 1 is 1.21 bits per heavy atom. The van der Waals surface area contributed by atoms with E-state index in [4.69, 9.17) is 21.1 Å². The molecule has 182 valence electrons. The lowest BCUT2D eigenvalue weighted by Crippen LogP contribution is -2.49. The Morgan fingerprint density at radius 2 is 1.97 bits per heavy atom. The molecule has 1 amide bonds. The zero-order valence-electron chi connectivity index (χ0n) is 19.6. The summed E-state index contributed by atoms with van der Waals surface area (Å²) >= 11 is 7.76. The lowest BCUT2D eigenvalue weighted by atomic mass is 9.94. The lowest BCUT2D eigenvalue weighted by Gasteiger charge is -2.38. The largest absolute Gasteiger partial charge is 0.466 e. The summed E-state index contributed by atoms with van der Waals surface area (Å²) in [6.45, 7) is 6.41. The van der Waals surface area contributed by atoms with Gasteiger partial charge in [0, 0.05) is 50.6 Å². The minimum atomic E-state index is -0.474. The predicted octanol–water partition coefficient (Wildman–Crippen LogP) is 3.27. The normalized spacial score (nSPS) is 20.8. The Kier molecular flexibility index (Phi) is 7.98. The Balaban J connectivity index is 1.55. The van der Waals surface area contributed by atoms with E-state index in [2.05, 4.69) is 9.89 Å². The van der Waals surface area contributed by atoms with Crippen LogP contribution < -0.4 is 0 Å². The fourth-order valence-electron chi connectivity index (χ4n) is 4.44. The van der Waals surface area contributed by atoms with Gasteiger partial charge in [0.2, 0.25) is 5.91 Å². The predicted molar refractivity (Wildman–Crippen MR) is 133 cm³/mol. The van der Waals surface area contributed by atoms with Crippen molar-refractivity contribution in [2.45, 2.75) is 19.4 Å². The molecule has 0 bridgehead atoms. The van der Waals surface area contributed by atoms with Crippen LogP contribution >= 0.6 is 23.4 Å². The van der Waals surface area contributed by atoms with Gasteiger partial charge in [-0.3, -0.25) is 9.69 Å². The molecule has 1 saturated heterocycles. The first-order valence-corrected chi connectivity index (χ1v) is 12.5. The van der Waals surface area contributed by atoms with Crippen LogP contribution in [-0.4, -0.2) is 85.3 Å². The van der Waals surface area contributed by atoms with E-state index in [0.717, 1.165) is 36.1 Å². The number of methoxy groups -OCH3 is 2. The Bertz CT molecular complexity index is 1050. The van der Waals surface area contributed by atoms with Gasteiger partial charge in [-0.05, 0) is 30.0 Å². The van der Waals surface area contributed by atoms with Gasteiger partial charge in [0.15, 0.2) is 5.17 Å². The average Bonchev–Trinajstić information content (AvgIpc) is 3.23. The number of ether oxygens (including phenoxy) is 2. The van der Waals surface area contributed by atoms with E-state index in [1.165, 1.54) is 18.9 Å². The van der Waals surface area contributed by atoms with Crippen molar-refractivity contribution in [3.05, 3.63) is 57.2 Å². The SMILES string of the molecule is COCCN1CCN(C(=O)CC2=CSC3=NC(C)=C(C(=O)OC)[C@@H](c4cccc(Cl)c4)N23)CC1. The quantitative estimate of drug-likeness (QED) is 0.527. The summed E-state index contributed by atoms with van der Waals surface area (Å²) in [4.78, 5) is 36.9. The first-order chi connectivity index (χ1) is 16.4. The maximum atomic E-state index is 13.2. The minimum Gasteiger partial charge on any atom is -0.466 e. The zero-order valence-corrected chi connectivity index (χ0v) is 21.2. The average molecular weight is 505 g/mol. The van der Waals surface area contributed by atoms with Crippen molar-refractivity contribution in [1.29, 1.82) is 0 Å². The molecule has 3 heterocycles. The summed E-state index contributed by atoms with van der Waals surface area (Å²) in [6, 6.07) is 6.94. The molecule has 0 aromatic heterocycles. The van der Waals surface area contributed by atoms with Crippen LogP contribution in [0.1, 0.15) is 24.9 Å². The fourth-order valence-corrected chi connectivity index (χ4v) is 5.60. The second kappa shape index (κ2) is 10.9. The summed E-state index contributed by atoms with van der Waals surface area (Å²) in [5, 5.41) is 3.27. The van der Waals surface area contributed by atoms with Crippen LogP contribution in [0.25, 0.3) is 0 Å². The second-order valence-corrected chi connectivity index (χ2v) is 9.60. The van der Waals surface area contributed by atoms with Gasteiger partial charge in [0.05, 0.1) is 37.4 Å². The van der Waals surface area contributed by atoms with E-state index in [1.54, 1.807) is 20.1 Å². The molecule has 0 radical (unpaired) electrons. The third-order valence-electron chi connectivity index (χ3n) is 6.24. The number of hydrogen-bond acceptors (Lipinski definition) is 8. The monoisotopic (exact) mass is 504 g/mol. The van der Waals surface area contributed by atoms with E-state index in [9.17, 15) is 9.59 Å². The van der Waals surface area contributed by atoms with Crippen molar-refractivity contribution < 1.29 is 19.1 Å². The molecule has 8 nitrogen and oxygen atoms in total. The molecule has 1 aromatic carbocycles. The van der Waals surface area contributed by atoms with Crippen molar-refractivity contribution in [3.8, 4) is 0 Å². The summed E-state index contributed by atoms with van der Waals surface area (Å²) in [5.41, 5.74) is 2.70. The fraction of sp³-hybridized carbons (Fsp3) is 0.458. The molecule has 0 aliphatic carbocycles. The van der Waals surface area contributed by atoms with Crippen molar-refractivity contribution in [1.82, 2.24) is 14.7 Å². The number of hydrogen-bond donors (Lipinski definition) is 0. The van der Waals surface area contributed by atoms with E-state index in [-0.39, 0.29) is 12.3 Å². The highest BCUT2D eigenvalue weighted by Gasteiger charge is 2.41. The summed E-state index contributed by atoms with van der Waals surface area (Å²) < 4.78 is 10.3. The number of benzene rings is 1. The maximum Gasteiger partial charge on any atom is 0.338 e. The molecule has 10 heteroatoms. The number of thioether (sulfide) groups is 1. The Morgan fingerprint density at radius 3 is 2.65 bits per heavy atom. The zero-order chi connectivity index (χ0) is 24.2. The van der Waals surface area contributed by atoms with Crippen LogP contribution in [0.3, 0.4) is 0 Å². The topological polar surface area (TPSA) is 74.7 Å². The molecule has 0 saturated carbocycles. The molecule has 34 heavy (non-hydrogen) atoms. The number of piperazine rings is 1. The molecule has 0 unspecified atom stereocenters. The van der Waals surface area contributed by atoms with Gasteiger partial charge in [-0.1, -0.05) is 35.5 Å². The third kappa shape index (κ3) is 5.17. The molecule has 1 fully saturated rings. The van der Waals surface area contributed by atoms with Gasteiger partial charge in [-0.15, -0.1) is 0 Å². The number of carbonyl (C=O) groups excluding carboxylic acids is 2. The van der Waals surface area contributed by atoms with Crippen LogP contribution in [0.15, 0.2) is 51.6 Å². The number of carbonyl (C=O) groups is 2. The number of aliphatic imine (C=N–C) groups is 1. The van der Waals surface area contributed by atoms with Crippen LogP contribution in [0.2, 0.25) is 5.02 Å². The number of allylic oxidation sites excluding steroid dienone is 1. The van der Waals surface area contributed by atoms with Gasteiger partial charge in [0.25, 0.3) is 0 Å². The smallest absolute Gasteiger partial charge is 0.338 e. The first-order valence-electron chi connectivity index (χ1n) is 11.2. The van der Waals surface area contributed by atoms with Crippen molar-refractivity contribution in [3.63, 3.8) is 0 Å². The standard InChI is InChI=1S/C24H29ClN4O4S/c1-16-21(23(31)33-3)22(17-5-4-6-18(25)13-17)29-19(15-34-24(29)26-16)14-20(30)28-9-7-27(8-10-28)11-12-32-2/h4-6,13,15,22H,7-12,14H2,1-3H3/t22-/m1/s1. The van der Waals surface area contributed by atoms with Crippen LogP contribution in [0.5, 0.6) is 0 Å². The number of fused-ring (bicyclic) bond motifs is 1. The molecule has 3 aliphatic rings. The molecule has 0 N–H and O–H groups in total. The summed E-state index contributed by atoms with van der Waals surface area (Å²) in [7, 11) is 3.06. The Labute approximate surface area is 209 Å². The number of nitrogens with zero attached hydrogens (tertiary/aromatic N) is 4.